The van der Waals surface area contributed by atoms with Crippen LogP contribution < -0.4 is 11.5 Å². The van der Waals surface area contributed by atoms with Gasteiger partial charge >= 0.3 is 23.9 Å². The molecule has 2 amide bonds. The number of unbranched alkanes of at least 4 members (excludes halogenated alkanes) is 1. The van der Waals surface area contributed by atoms with Gasteiger partial charge in [-0.2, -0.15) is 0 Å². The fraction of sp³-hybridized carbons (Fsp3) is 0.515. The highest BCUT2D eigenvalue weighted by Gasteiger charge is 2.40. The van der Waals surface area contributed by atoms with Crippen molar-refractivity contribution in [2.75, 3.05) is 19.7 Å². The molecule has 0 saturated carbocycles. The molecule has 0 fully saturated rings. The molecule has 0 bridgehead atoms. The first kappa shape index (κ1) is 33.7. The molecule has 1 heterocycles. The van der Waals surface area contributed by atoms with Crippen molar-refractivity contribution in [2.24, 2.45) is 17.4 Å². The zero-order chi connectivity index (χ0) is 31.4. The number of carbonyl (C=O) groups is 4. The number of benzene rings is 2. The van der Waals surface area contributed by atoms with Crippen LogP contribution in [0.25, 0.3) is 0 Å². The number of aryl methyl sites for hydroxylation is 1. The number of urea groups is 1. The maximum Gasteiger partial charge on any atom is 0.336 e. The van der Waals surface area contributed by atoms with Crippen LogP contribution in [0.5, 0.6) is 0 Å². The van der Waals surface area contributed by atoms with E-state index in [4.69, 9.17) is 20.9 Å². The fourth-order valence-corrected chi connectivity index (χ4v) is 5.25. The molecule has 1 aliphatic rings. The molecule has 0 aliphatic carbocycles. The molecular weight excluding hydrogens is 548 g/mol. The van der Waals surface area contributed by atoms with Gasteiger partial charge in [0.2, 0.25) is 0 Å². The van der Waals surface area contributed by atoms with Crippen LogP contribution in [0.15, 0.2) is 54.6 Å². The van der Waals surface area contributed by atoms with Crippen molar-refractivity contribution >= 4 is 23.9 Å². The van der Waals surface area contributed by atoms with E-state index in [1.807, 2.05) is 68.4 Å². The molecule has 1 aliphatic heterocycles. The van der Waals surface area contributed by atoms with E-state index in [9.17, 15) is 19.2 Å². The first-order valence-electron chi connectivity index (χ1n) is 15.2. The van der Waals surface area contributed by atoms with E-state index in [1.54, 1.807) is 11.8 Å². The summed E-state index contributed by atoms with van der Waals surface area (Å²) in [6, 6.07) is 14.7. The summed E-state index contributed by atoms with van der Waals surface area (Å²) in [6.07, 6.45) is 3.02. The Labute approximate surface area is 254 Å². The molecule has 3 rings (SSSR count). The largest absolute Gasteiger partial charge is 0.466 e. The van der Waals surface area contributed by atoms with Gasteiger partial charge in [0.05, 0.1) is 12.5 Å². The Morgan fingerprint density at radius 3 is 2.28 bits per heavy atom. The van der Waals surface area contributed by atoms with Gasteiger partial charge in [0.15, 0.2) is 0 Å². The summed E-state index contributed by atoms with van der Waals surface area (Å²) in [6.45, 7) is 6.48. The van der Waals surface area contributed by atoms with Crippen molar-refractivity contribution < 1.29 is 28.7 Å². The predicted octanol–water partition coefficient (Wildman–Crippen LogP) is 3.58. The summed E-state index contributed by atoms with van der Waals surface area (Å²) in [5.74, 6) is -2.58. The molecule has 10 heteroatoms. The van der Waals surface area contributed by atoms with Crippen LogP contribution >= 0.6 is 0 Å². The molecule has 3 atom stereocenters. The number of carbonyl (C=O) groups excluding carboxylic acids is 4. The van der Waals surface area contributed by atoms with E-state index in [-0.39, 0.29) is 38.1 Å². The van der Waals surface area contributed by atoms with Crippen LogP contribution in [0.1, 0.15) is 63.1 Å². The molecule has 2 aromatic carbocycles. The summed E-state index contributed by atoms with van der Waals surface area (Å²) in [5.41, 5.74) is 14.4. The highest BCUT2D eigenvalue weighted by Crippen LogP contribution is 2.27. The number of rotatable bonds is 14. The minimum atomic E-state index is -1.03. The quantitative estimate of drug-likeness (QED) is 0.192. The predicted molar refractivity (Wildman–Crippen MR) is 164 cm³/mol. The Bertz CT molecular complexity index is 1220. The highest BCUT2D eigenvalue weighted by atomic mass is 16.6. The van der Waals surface area contributed by atoms with Crippen molar-refractivity contribution in [1.82, 2.24) is 9.80 Å². The number of hydrogen-bond donors (Lipinski definition) is 2. The lowest BCUT2D eigenvalue weighted by atomic mass is 9.94. The van der Waals surface area contributed by atoms with Crippen molar-refractivity contribution in [3.63, 3.8) is 0 Å². The third-order valence-corrected chi connectivity index (χ3v) is 7.77. The Balaban J connectivity index is 1.83. The van der Waals surface area contributed by atoms with Gasteiger partial charge in [0, 0.05) is 25.6 Å². The molecule has 0 radical (unpaired) electrons. The lowest BCUT2D eigenvalue weighted by Crippen LogP contribution is -2.56. The first-order valence-corrected chi connectivity index (χ1v) is 15.2. The van der Waals surface area contributed by atoms with Gasteiger partial charge in [-0.15, -0.1) is 0 Å². The number of fused-ring (bicyclic) bond motifs is 1. The lowest BCUT2D eigenvalue weighted by Gasteiger charge is -2.40. The molecule has 10 nitrogen and oxygen atoms in total. The average molecular weight is 595 g/mol. The Hall–Kier alpha value is -3.76. The van der Waals surface area contributed by atoms with Crippen LogP contribution in [0.3, 0.4) is 0 Å². The second-order valence-electron chi connectivity index (χ2n) is 11.2. The van der Waals surface area contributed by atoms with E-state index in [0.29, 0.717) is 38.6 Å². The number of hydrogen-bond acceptors (Lipinski definition) is 8. The monoisotopic (exact) mass is 594 g/mol. The SMILES string of the molecule is CCOC(=O)[C@H](CCc1ccccc1)CN(C(=O)N1Cc2ccccc2C[C@H]1C(=O)OC(=O)[C@@H](N)CCCCN)C(C)C. The Morgan fingerprint density at radius 2 is 1.63 bits per heavy atom. The van der Waals surface area contributed by atoms with Crippen LogP contribution in [-0.4, -0.2) is 71.6 Å². The highest BCUT2D eigenvalue weighted by molar-refractivity contribution is 5.93. The number of nitrogens with zero attached hydrogens (tertiary/aromatic N) is 2. The van der Waals surface area contributed by atoms with Crippen LogP contribution in [0.2, 0.25) is 0 Å². The molecule has 2 aromatic rings. The standard InChI is InChI=1S/C33H46N4O6/c1-4-42-30(38)27(18-17-24-12-6-5-7-13-24)22-36(23(2)3)33(41)37-21-26-15-9-8-14-25(26)20-29(37)32(40)43-31(39)28(35)16-10-11-19-34/h5-9,12-15,23,27-29H,4,10-11,16-22,34-35H2,1-3H3/t27-,28+,29+/m1/s1. The zero-order valence-electron chi connectivity index (χ0n) is 25.6. The van der Waals surface area contributed by atoms with Gasteiger partial charge in [-0.3, -0.25) is 4.79 Å². The molecule has 43 heavy (non-hydrogen) atoms. The van der Waals surface area contributed by atoms with E-state index < -0.39 is 36.0 Å². The summed E-state index contributed by atoms with van der Waals surface area (Å²) in [4.78, 5) is 56.4. The maximum absolute atomic E-state index is 14.2. The second-order valence-corrected chi connectivity index (χ2v) is 11.2. The van der Waals surface area contributed by atoms with Gasteiger partial charge in [-0.25, -0.2) is 14.4 Å². The topological polar surface area (TPSA) is 145 Å². The third-order valence-electron chi connectivity index (χ3n) is 7.77. The lowest BCUT2D eigenvalue weighted by molar-refractivity contribution is -0.164. The normalized spacial score (nSPS) is 15.8. The number of esters is 3. The summed E-state index contributed by atoms with van der Waals surface area (Å²) in [5, 5.41) is 0. The number of amides is 2. The van der Waals surface area contributed by atoms with Crippen molar-refractivity contribution in [3.05, 3.63) is 71.3 Å². The van der Waals surface area contributed by atoms with Gasteiger partial charge in [-0.05, 0) is 69.7 Å². The van der Waals surface area contributed by atoms with Crippen LogP contribution in [0, 0.1) is 5.92 Å². The molecule has 234 valence electrons. The van der Waals surface area contributed by atoms with E-state index in [0.717, 1.165) is 16.7 Å². The van der Waals surface area contributed by atoms with Crippen LogP contribution in [0.4, 0.5) is 4.79 Å². The van der Waals surface area contributed by atoms with Gasteiger partial charge in [0.1, 0.15) is 12.1 Å². The van der Waals surface area contributed by atoms with Gasteiger partial charge in [-0.1, -0.05) is 61.0 Å². The number of nitrogens with two attached hydrogens (primary N) is 2. The average Bonchev–Trinajstić information content (AvgIpc) is 3.00. The fourth-order valence-electron chi connectivity index (χ4n) is 5.25. The minimum absolute atomic E-state index is 0.118. The minimum Gasteiger partial charge on any atom is -0.466 e. The van der Waals surface area contributed by atoms with E-state index in [2.05, 4.69) is 0 Å². The zero-order valence-corrected chi connectivity index (χ0v) is 25.6. The summed E-state index contributed by atoms with van der Waals surface area (Å²) >= 11 is 0. The Kier molecular flexibility index (Phi) is 13.2. The molecule has 0 saturated heterocycles. The molecule has 4 N–H and O–H groups in total. The first-order chi connectivity index (χ1) is 20.7. The van der Waals surface area contributed by atoms with Crippen LogP contribution in [-0.2, 0) is 43.2 Å². The smallest absolute Gasteiger partial charge is 0.336 e. The van der Waals surface area contributed by atoms with Gasteiger partial charge < -0.3 is 30.7 Å². The molecular formula is C33H46N4O6. The van der Waals surface area contributed by atoms with E-state index in [1.165, 1.54) is 4.90 Å². The summed E-state index contributed by atoms with van der Waals surface area (Å²) < 4.78 is 10.6. The number of ether oxygens (including phenoxy) is 2. The Morgan fingerprint density at radius 1 is 0.953 bits per heavy atom. The third kappa shape index (κ3) is 9.62. The molecule has 0 spiro atoms. The molecule has 0 aromatic heterocycles. The maximum atomic E-state index is 14.2. The summed E-state index contributed by atoms with van der Waals surface area (Å²) in [7, 11) is 0. The van der Waals surface area contributed by atoms with Gasteiger partial charge in [0.25, 0.3) is 0 Å². The molecule has 0 unspecified atom stereocenters. The van der Waals surface area contributed by atoms with Crippen molar-refractivity contribution in [2.45, 2.75) is 84.0 Å². The second kappa shape index (κ2) is 16.8. The van der Waals surface area contributed by atoms with Crippen molar-refractivity contribution in [3.8, 4) is 0 Å². The van der Waals surface area contributed by atoms with E-state index >= 15 is 0 Å². The van der Waals surface area contributed by atoms with Crippen molar-refractivity contribution in [1.29, 1.82) is 0 Å².